The summed E-state index contributed by atoms with van der Waals surface area (Å²) in [5.74, 6) is -6.66. The third-order valence-corrected chi connectivity index (χ3v) is 6.61. The van der Waals surface area contributed by atoms with Crippen molar-refractivity contribution in [2.75, 3.05) is 7.11 Å². The molecule has 38 heavy (non-hydrogen) atoms. The molecule has 0 unspecified atom stereocenters. The predicted molar refractivity (Wildman–Crippen MR) is 126 cm³/mol. The molecular formula is C25H19F6N3O3S. The van der Waals surface area contributed by atoms with Gasteiger partial charge in [0.1, 0.15) is 11.4 Å². The molecule has 0 saturated heterocycles. The highest BCUT2D eigenvalue weighted by atomic mass is 32.2. The van der Waals surface area contributed by atoms with Gasteiger partial charge in [-0.2, -0.15) is 27.1 Å². The van der Waals surface area contributed by atoms with E-state index in [9.17, 15) is 26.0 Å². The Hall–Kier alpha value is -3.84. The van der Waals surface area contributed by atoms with Crippen LogP contribution in [0, 0.1) is 5.82 Å². The van der Waals surface area contributed by atoms with Gasteiger partial charge in [0.2, 0.25) is 10.0 Å². The third-order valence-electron chi connectivity index (χ3n) is 5.68. The fraction of sp³-hybridized carbons (Fsp3) is 0.160. The zero-order chi connectivity index (χ0) is 27.9. The molecule has 0 bridgehead atoms. The van der Waals surface area contributed by atoms with Crippen LogP contribution in [-0.2, 0) is 22.5 Å². The van der Waals surface area contributed by atoms with Gasteiger partial charge in [0.05, 0.1) is 18.6 Å². The monoisotopic (exact) mass is 555 g/mol. The summed E-state index contributed by atoms with van der Waals surface area (Å²) in [4.78, 5) is -0.317. The lowest BCUT2D eigenvalue weighted by Crippen LogP contribution is -2.36. The molecule has 0 aliphatic heterocycles. The van der Waals surface area contributed by atoms with Crippen molar-refractivity contribution >= 4 is 10.0 Å². The molecular weight excluding hydrogens is 536 g/mol. The number of hydrogen-bond donors (Lipinski definition) is 1. The van der Waals surface area contributed by atoms with Crippen LogP contribution in [0.4, 0.5) is 26.3 Å². The van der Waals surface area contributed by atoms with Gasteiger partial charge < -0.3 is 4.74 Å². The number of nitrogens with zero attached hydrogens (tertiary/aromatic N) is 2. The maximum Gasteiger partial charge on any atom is 0.459 e. The molecule has 200 valence electrons. The summed E-state index contributed by atoms with van der Waals surface area (Å²) >= 11 is 0. The average Bonchev–Trinajstić information content (AvgIpc) is 3.23. The van der Waals surface area contributed by atoms with E-state index in [0.29, 0.717) is 10.2 Å². The van der Waals surface area contributed by atoms with Crippen LogP contribution >= 0.6 is 0 Å². The Labute approximate surface area is 213 Å². The van der Waals surface area contributed by atoms with E-state index in [1.54, 1.807) is 18.2 Å². The second-order valence-electron chi connectivity index (χ2n) is 8.21. The van der Waals surface area contributed by atoms with Gasteiger partial charge in [-0.25, -0.2) is 17.9 Å². The number of alkyl halides is 5. The van der Waals surface area contributed by atoms with Crippen molar-refractivity contribution in [2.45, 2.75) is 23.5 Å². The van der Waals surface area contributed by atoms with Gasteiger partial charge in [-0.3, -0.25) is 4.68 Å². The molecule has 3 aromatic carbocycles. The molecule has 4 rings (SSSR count). The van der Waals surface area contributed by atoms with E-state index in [1.165, 1.54) is 12.1 Å². The van der Waals surface area contributed by atoms with E-state index in [-0.39, 0.29) is 27.5 Å². The number of sulfonamides is 1. The molecule has 2 N–H and O–H groups in total. The average molecular weight is 556 g/mol. The van der Waals surface area contributed by atoms with Crippen LogP contribution in [0.1, 0.15) is 11.3 Å². The number of benzene rings is 3. The van der Waals surface area contributed by atoms with Crippen LogP contribution in [0.3, 0.4) is 0 Å². The molecule has 0 aliphatic carbocycles. The number of ether oxygens (including phenoxy) is 1. The molecule has 4 aromatic rings. The van der Waals surface area contributed by atoms with E-state index >= 15 is 8.78 Å². The highest BCUT2D eigenvalue weighted by Crippen LogP contribution is 2.50. The lowest BCUT2D eigenvalue weighted by Gasteiger charge is -2.22. The lowest BCUT2D eigenvalue weighted by atomic mass is 9.96. The van der Waals surface area contributed by atoms with E-state index in [4.69, 9.17) is 9.88 Å². The van der Waals surface area contributed by atoms with Crippen molar-refractivity contribution in [1.29, 1.82) is 0 Å². The Balaban J connectivity index is 2.07. The summed E-state index contributed by atoms with van der Waals surface area (Å²) in [6.45, 7) is -0.470. The number of nitrogens with two attached hydrogens (primary N) is 1. The number of methoxy groups -OCH3 is 1. The Morgan fingerprint density at radius 1 is 0.921 bits per heavy atom. The standard InChI is InChI=1S/C25H19F6N3O3S/c1-37-20-12-9-17(13-19(20)26)21-22(16-7-10-18(11-8-16)38(32,35)36)33-34(14-15-5-3-2-4-6-15)23(21)24(27,28)25(29,30)31/h2-13H,14H2,1H3,(H2,32,35,36). The quantitative estimate of drug-likeness (QED) is 0.296. The summed E-state index contributed by atoms with van der Waals surface area (Å²) in [7, 11) is -2.96. The zero-order valence-electron chi connectivity index (χ0n) is 19.5. The first-order valence-corrected chi connectivity index (χ1v) is 12.4. The molecule has 13 heteroatoms. The van der Waals surface area contributed by atoms with Gasteiger partial charge >= 0.3 is 12.1 Å². The summed E-state index contributed by atoms with van der Waals surface area (Å²) in [5, 5.41) is 9.20. The number of aromatic nitrogens is 2. The van der Waals surface area contributed by atoms with Gasteiger partial charge in [-0.05, 0) is 35.4 Å². The Morgan fingerprint density at radius 2 is 1.53 bits per heavy atom. The largest absolute Gasteiger partial charge is 0.494 e. The van der Waals surface area contributed by atoms with E-state index in [2.05, 4.69) is 5.10 Å². The van der Waals surface area contributed by atoms with Crippen LogP contribution in [0.2, 0.25) is 0 Å². The SMILES string of the molecule is COc1ccc(-c2c(-c3ccc(S(N)(=O)=O)cc3)nn(Cc3ccccc3)c2C(F)(F)C(F)(F)F)cc1F. The summed E-state index contributed by atoms with van der Waals surface area (Å²) in [5.41, 5.74) is -2.51. The van der Waals surface area contributed by atoms with E-state index < -0.39 is 45.7 Å². The van der Waals surface area contributed by atoms with Crippen molar-refractivity contribution in [1.82, 2.24) is 9.78 Å². The maximum absolute atomic E-state index is 15.2. The van der Waals surface area contributed by atoms with Gasteiger partial charge in [0.15, 0.2) is 11.6 Å². The molecule has 6 nitrogen and oxygen atoms in total. The predicted octanol–water partition coefficient (Wildman–Crippen LogP) is 5.71. The summed E-state index contributed by atoms with van der Waals surface area (Å²) in [6, 6.07) is 15.2. The molecule has 1 heterocycles. The van der Waals surface area contributed by atoms with Crippen molar-refractivity contribution in [3.05, 3.63) is 89.9 Å². The molecule has 0 atom stereocenters. The molecule has 0 radical (unpaired) electrons. The molecule has 0 amide bonds. The number of rotatable bonds is 7. The van der Waals surface area contributed by atoms with Crippen LogP contribution in [-0.4, -0.2) is 31.5 Å². The number of halogens is 6. The van der Waals surface area contributed by atoms with Gasteiger partial charge in [-0.15, -0.1) is 0 Å². The molecule has 0 aliphatic rings. The number of hydrogen-bond acceptors (Lipinski definition) is 4. The Morgan fingerprint density at radius 3 is 2.05 bits per heavy atom. The van der Waals surface area contributed by atoms with Crippen molar-refractivity contribution in [3.8, 4) is 28.1 Å². The normalized spacial score (nSPS) is 12.5. The Bertz CT molecular complexity index is 1570. The van der Waals surface area contributed by atoms with Crippen LogP contribution in [0.5, 0.6) is 5.75 Å². The molecule has 1 aromatic heterocycles. The Kier molecular flexibility index (Phi) is 7.01. The second-order valence-corrected chi connectivity index (χ2v) is 9.77. The maximum atomic E-state index is 15.2. The minimum absolute atomic E-state index is 0.00494. The second kappa shape index (κ2) is 9.80. The van der Waals surface area contributed by atoms with Gasteiger partial charge in [0.25, 0.3) is 0 Å². The molecule has 0 spiro atoms. The van der Waals surface area contributed by atoms with E-state index in [0.717, 1.165) is 49.6 Å². The topological polar surface area (TPSA) is 87.2 Å². The van der Waals surface area contributed by atoms with E-state index in [1.807, 2.05) is 0 Å². The van der Waals surface area contributed by atoms with Crippen molar-refractivity contribution < 1.29 is 39.5 Å². The van der Waals surface area contributed by atoms with Crippen LogP contribution in [0.15, 0.2) is 77.7 Å². The van der Waals surface area contributed by atoms with Crippen LogP contribution < -0.4 is 9.88 Å². The third kappa shape index (κ3) is 5.11. The van der Waals surface area contributed by atoms with Crippen LogP contribution in [0.25, 0.3) is 22.4 Å². The molecule has 0 fully saturated rings. The first-order valence-electron chi connectivity index (χ1n) is 10.8. The summed E-state index contributed by atoms with van der Waals surface area (Å²) in [6.07, 6.45) is -6.02. The van der Waals surface area contributed by atoms with Gasteiger partial charge in [-0.1, -0.05) is 48.5 Å². The first-order chi connectivity index (χ1) is 17.7. The summed E-state index contributed by atoms with van der Waals surface area (Å²) < 4.78 is 115. The lowest BCUT2D eigenvalue weighted by molar-refractivity contribution is -0.291. The van der Waals surface area contributed by atoms with Crippen molar-refractivity contribution in [2.24, 2.45) is 5.14 Å². The highest BCUT2D eigenvalue weighted by molar-refractivity contribution is 7.89. The fourth-order valence-electron chi connectivity index (χ4n) is 3.89. The highest BCUT2D eigenvalue weighted by Gasteiger charge is 2.62. The minimum atomic E-state index is -6.02. The minimum Gasteiger partial charge on any atom is -0.494 e. The first kappa shape index (κ1) is 27.2. The van der Waals surface area contributed by atoms with Gasteiger partial charge in [0, 0.05) is 11.1 Å². The fourth-order valence-corrected chi connectivity index (χ4v) is 4.40. The smallest absolute Gasteiger partial charge is 0.459 e. The zero-order valence-corrected chi connectivity index (χ0v) is 20.3. The number of primary sulfonamides is 1. The molecule has 0 saturated carbocycles. The van der Waals surface area contributed by atoms with Crippen molar-refractivity contribution in [3.63, 3.8) is 0 Å².